The van der Waals surface area contributed by atoms with Crippen LogP contribution in [0.3, 0.4) is 0 Å². The van der Waals surface area contributed by atoms with Gasteiger partial charge in [-0.3, -0.25) is 0 Å². The number of rotatable bonds is 6. The molecule has 0 saturated carbocycles. The number of ether oxygens (including phenoxy) is 1. The molecule has 3 heteroatoms. The molecule has 0 amide bonds. The van der Waals surface area contributed by atoms with Crippen LogP contribution < -0.4 is 4.74 Å². The van der Waals surface area contributed by atoms with Crippen molar-refractivity contribution in [2.45, 2.75) is 13.8 Å². The Labute approximate surface area is 107 Å². The molecule has 0 unspecified atom stereocenters. The topological polar surface area (TPSA) is 12.5 Å². The second kappa shape index (κ2) is 6.92. The van der Waals surface area contributed by atoms with Crippen molar-refractivity contribution in [3.63, 3.8) is 0 Å². The molecule has 0 heterocycles. The molecule has 0 spiro atoms. The van der Waals surface area contributed by atoms with E-state index in [1.54, 1.807) is 0 Å². The molecule has 0 radical (unpaired) electrons. The van der Waals surface area contributed by atoms with E-state index in [0.717, 1.165) is 29.9 Å². The van der Waals surface area contributed by atoms with Crippen LogP contribution in [0.1, 0.15) is 13.8 Å². The van der Waals surface area contributed by atoms with Gasteiger partial charge in [-0.1, -0.05) is 29.8 Å². The third-order valence-corrected chi connectivity index (χ3v) is 2.76. The van der Waals surface area contributed by atoms with Gasteiger partial charge in [0.25, 0.3) is 0 Å². The lowest BCUT2D eigenvalue weighted by Gasteiger charge is -2.18. The van der Waals surface area contributed by atoms with E-state index in [9.17, 15) is 0 Å². The van der Waals surface area contributed by atoms with E-state index in [2.05, 4.69) is 41.7 Å². The van der Waals surface area contributed by atoms with Crippen LogP contribution in [0.4, 0.5) is 0 Å². The summed E-state index contributed by atoms with van der Waals surface area (Å²) in [5.74, 6) is 1.64. The maximum absolute atomic E-state index is 5.65. The van der Waals surface area contributed by atoms with Gasteiger partial charge in [-0.05, 0) is 37.2 Å². The molecule has 0 bridgehead atoms. The van der Waals surface area contributed by atoms with Crippen LogP contribution in [0, 0.1) is 5.92 Å². The fraction of sp³-hybridized carbons (Fsp3) is 0.538. The van der Waals surface area contributed by atoms with Crippen molar-refractivity contribution in [3.05, 3.63) is 28.7 Å². The molecule has 0 fully saturated rings. The van der Waals surface area contributed by atoms with Gasteiger partial charge in [-0.2, -0.15) is 0 Å². The van der Waals surface area contributed by atoms with E-state index in [0.29, 0.717) is 5.92 Å². The average Bonchev–Trinajstić information content (AvgIpc) is 2.20. The van der Waals surface area contributed by atoms with Gasteiger partial charge in [0.05, 0.1) is 0 Å². The third kappa shape index (κ3) is 5.52. The molecule has 2 nitrogen and oxygen atoms in total. The molecular weight excluding hydrogens is 266 g/mol. The summed E-state index contributed by atoms with van der Waals surface area (Å²) in [6.45, 7) is 7.28. The van der Waals surface area contributed by atoms with Crippen LogP contribution in [-0.4, -0.2) is 31.6 Å². The van der Waals surface area contributed by atoms with E-state index in [-0.39, 0.29) is 0 Å². The summed E-state index contributed by atoms with van der Waals surface area (Å²) in [5.41, 5.74) is 0. The van der Waals surface area contributed by atoms with E-state index < -0.39 is 0 Å². The Morgan fingerprint density at radius 2 is 1.88 bits per heavy atom. The van der Waals surface area contributed by atoms with Crippen LogP contribution in [0.25, 0.3) is 0 Å². The minimum absolute atomic E-state index is 0.706. The summed E-state index contributed by atoms with van der Waals surface area (Å²) in [7, 11) is 2.13. The van der Waals surface area contributed by atoms with E-state index in [1.165, 1.54) is 0 Å². The first kappa shape index (κ1) is 13.5. The fourth-order valence-corrected chi connectivity index (χ4v) is 1.83. The van der Waals surface area contributed by atoms with Crippen LogP contribution in [0.2, 0.25) is 0 Å². The average molecular weight is 286 g/mol. The molecule has 90 valence electrons. The minimum atomic E-state index is 0.706. The zero-order valence-corrected chi connectivity index (χ0v) is 11.8. The van der Waals surface area contributed by atoms with Crippen LogP contribution >= 0.6 is 15.9 Å². The molecule has 1 aromatic rings. The maximum atomic E-state index is 5.65. The number of hydrogen-bond donors (Lipinski definition) is 0. The summed E-state index contributed by atoms with van der Waals surface area (Å²) in [6.07, 6.45) is 0. The third-order valence-electron chi connectivity index (χ3n) is 2.23. The van der Waals surface area contributed by atoms with Gasteiger partial charge in [0.15, 0.2) is 0 Å². The molecule has 0 aliphatic rings. The van der Waals surface area contributed by atoms with Crippen LogP contribution in [0.15, 0.2) is 28.7 Å². The normalized spacial score (nSPS) is 11.1. The first-order valence-corrected chi connectivity index (χ1v) is 6.44. The maximum Gasteiger partial charge on any atom is 0.119 e. The standard InChI is InChI=1S/C13H20BrNO/c1-11(2)10-15(3)8-9-16-13-6-4-12(14)5-7-13/h4-7,11H,8-10H2,1-3H3. The van der Waals surface area contributed by atoms with Gasteiger partial charge in [-0.15, -0.1) is 0 Å². The highest BCUT2D eigenvalue weighted by atomic mass is 79.9. The number of benzene rings is 1. The SMILES string of the molecule is CC(C)CN(C)CCOc1ccc(Br)cc1. The van der Waals surface area contributed by atoms with Gasteiger partial charge in [0.2, 0.25) is 0 Å². The van der Waals surface area contributed by atoms with Crippen molar-refractivity contribution < 1.29 is 4.74 Å². The predicted molar refractivity (Wildman–Crippen MR) is 72.0 cm³/mol. The van der Waals surface area contributed by atoms with Crippen molar-refractivity contribution in [1.29, 1.82) is 0 Å². The summed E-state index contributed by atoms with van der Waals surface area (Å²) in [6, 6.07) is 7.94. The van der Waals surface area contributed by atoms with Crippen molar-refractivity contribution in [2.24, 2.45) is 5.92 Å². The monoisotopic (exact) mass is 285 g/mol. The Kier molecular flexibility index (Phi) is 5.85. The zero-order valence-electron chi connectivity index (χ0n) is 10.2. The van der Waals surface area contributed by atoms with E-state index in [1.807, 2.05) is 24.3 Å². The van der Waals surface area contributed by atoms with Crippen LogP contribution in [-0.2, 0) is 0 Å². The van der Waals surface area contributed by atoms with Gasteiger partial charge >= 0.3 is 0 Å². The molecule has 16 heavy (non-hydrogen) atoms. The Balaban J connectivity index is 2.22. The highest BCUT2D eigenvalue weighted by molar-refractivity contribution is 9.10. The molecule has 0 saturated heterocycles. The van der Waals surface area contributed by atoms with Crippen LogP contribution in [0.5, 0.6) is 5.75 Å². The first-order valence-electron chi connectivity index (χ1n) is 5.65. The molecule has 1 aromatic carbocycles. The molecule has 0 aromatic heterocycles. The lowest BCUT2D eigenvalue weighted by molar-refractivity contribution is 0.223. The summed E-state index contributed by atoms with van der Waals surface area (Å²) >= 11 is 3.40. The fourth-order valence-electron chi connectivity index (χ4n) is 1.56. The Bertz CT molecular complexity index is 297. The lowest BCUT2D eigenvalue weighted by Crippen LogP contribution is -2.27. The van der Waals surface area contributed by atoms with Gasteiger partial charge < -0.3 is 9.64 Å². The summed E-state index contributed by atoms with van der Waals surface area (Å²) < 4.78 is 6.73. The number of hydrogen-bond acceptors (Lipinski definition) is 2. The first-order chi connectivity index (χ1) is 7.58. The van der Waals surface area contributed by atoms with Crippen molar-refractivity contribution >= 4 is 15.9 Å². The molecule has 0 aliphatic heterocycles. The lowest BCUT2D eigenvalue weighted by atomic mass is 10.2. The highest BCUT2D eigenvalue weighted by Gasteiger charge is 2.01. The van der Waals surface area contributed by atoms with Crippen molar-refractivity contribution in [1.82, 2.24) is 4.90 Å². The predicted octanol–water partition coefficient (Wildman–Crippen LogP) is 3.42. The second-order valence-electron chi connectivity index (χ2n) is 4.46. The van der Waals surface area contributed by atoms with E-state index in [4.69, 9.17) is 4.74 Å². The molecular formula is C13H20BrNO. The second-order valence-corrected chi connectivity index (χ2v) is 5.37. The molecule has 1 rings (SSSR count). The Morgan fingerprint density at radius 3 is 2.44 bits per heavy atom. The zero-order chi connectivity index (χ0) is 12.0. The quantitative estimate of drug-likeness (QED) is 0.794. The molecule has 0 atom stereocenters. The summed E-state index contributed by atoms with van der Waals surface area (Å²) in [4.78, 5) is 2.30. The Morgan fingerprint density at radius 1 is 1.25 bits per heavy atom. The summed E-state index contributed by atoms with van der Waals surface area (Å²) in [5, 5.41) is 0. The van der Waals surface area contributed by atoms with E-state index >= 15 is 0 Å². The van der Waals surface area contributed by atoms with Crippen molar-refractivity contribution in [3.8, 4) is 5.75 Å². The van der Waals surface area contributed by atoms with Crippen molar-refractivity contribution in [2.75, 3.05) is 26.7 Å². The number of nitrogens with zero attached hydrogens (tertiary/aromatic N) is 1. The molecule has 0 aliphatic carbocycles. The Hall–Kier alpha value is -0.540. The highest BCUT2D eigenvalue weighted by Crippen LogP contribution is 2.15. The van der Waals surface area contributed by atoms with Gasteiger partial charge in [0, 0.05) is 17.6 Å². The smallest absolute Gasteiger partial charge is 0.119 e. The van der Waals surface area contributed by atoms with Gasteiger partial charge in [0.1, 0.15) is 12.4 Å². The minimum Gasteiger partial charge on any atom is -0.492 e. The molecule has 0 N–H and O–H groups in total. The number of halogens is 1. The number of likely N-dealkylation sites (N-methyl/N-ethyl adjacent to an activating group) is 1. The largest absolute Gasteiger partial charge is 0.492 e. The van der Waals surface area contributed by atoms with Gasteiger partial charge in [-0.25, -0.2) is 0 Å².